The van der Waals surface area contributed by atoms with Crippen LogP contribution < -0.4 is 10.2 Å². The van der Waals surface area contributed by atoms with Gasteiger partial charge in [0.1, 0.15) is 23.5 Å². The smallest absolute Gasteiger partial charge is 0.254 e. The van der Waals surface area contributed by atoms with Crippen molar-refractivity contribution in [3.63, 3.8) is 0 Å². The van der Waals surface area contributed by atoms with Crippen LogP contribution in [0.4, 0.5) is 20.3 Å². The number of carbonyl (C=O) groups is 1. The molecule has 0 aliphatic carbocycles. The molecule has 2 aliphatic heterocycles. The Hall–Kier alpha value is -3.68. The molecule has 1 saturated heterocycles. The van der Waals surface area contributed by atoms with Gasteiger partial charge in [-0.3, -0.25) is 4.79 Å². The van der Waals surface area contributed by atoms with Gasteiger partial charge in [0, 0.05) is 49.2 Å². The Kier molecular flexibility index (Phi) is 5.13. The van der Waals surface area contributed by atoms with Crippen LogP contribution in [0.25, 0.3) is 0 Å². The number of nitrogens with one attached hydrogen (secondary N) is 1. The van der Waals surface area contributed by atoms with Gasteiger partial charge < -0.3 is 15.1 Å². The second-order valence-electron chi connectivity index (χ2n) is 8.00. The lowest BCUT2D eigenvalue weighted by Crippen LogP contribution is -2.50. The second-order valence-corrected chi connectivity index (χ2v) is 8.00. The fraction of sp³-hybridized carbons (Fsp3) is 0.250. The van der Waals surface area contributed by atoms with Crippen LogP contribution in [-0.4, -0.2) is 46.8 Å². The number of benzene rings is 2. The van der Waals surface area contributed by atoms with E-state index in [0.717, 1.165) is 5.69 Å². The van der Waals surface area contributed by atoms with E-state index in [1.54, 1.807) is 52.2 Å². The summed E-state index contributed by atoms with van der Waals surface area (Å²) >= 11 is 0. The number of halogens is 2. The molecule has 0 radical (unpaired) electrons. The maximum absolute atomic E-state index is 14.8. The van der Waals surface area contributed by atoms with Crippen LogP contribution in [0.15, 0.2) is 72.1 Å². The third-order valence-electron chi connectivity index (χ3n) is 6.10. The fourth-order valence-corrected chi connectivity index (χ4v) is 4.46. The number of piperazine rings is 1. The number of carbonyl (C=O) groups excluding carboxylic acids is 1. The molecular formula is C24H23F2N5O. The number of nitrogens with zero attached hydrogens (tertiary/aromatic N) is 4. The Bertz CT molecular complexity index is 1180. The van der Waals surface area contributed by atoms with E-state index in [9.17, 15) is 13.6 Å². The average Bonchev–Trinajstić information content (AvgIpc) is 3.27. The Labute approximate surface area is 184 Å². The molecule has 5 rings (SSSR count). The predicted molar refractivity (Wildman–Crippen MR) is 118 cm³/mol. The number of hydrogen-bond acceptors (Lipinski definition) is 4. The molecule has 2 aromatic carbocycles. The number of rotatable bonds is 3. The Morgan fingerprint density at radius 1 is 1.00 bits per heavy atom. The number of amides is 1. The van der Waals surface area contributed by atoms with Crippen molar-refractivity contribution in [2.75, 3.05) is 36.4 Å². The quantitative estimate of drug-likeness (QED) is 0.680. The van der Waals surface area contributed by atoms with Gasteiger partial charge in [0.25, 0.3) is 5.91 Å². The van der Waals surface area contributed by atoms with Crippen molar-refractivity contribution >= 4 is 17.4 Å². The zero-order chi connectivity index (χ0) is 22.2. The van der Waals surface area contributed by atoms with Crippen LogP contribution >= 0.6 is 0 Å². The van der Waals surface area contributed by atoms with Gasteiger partial charge in [-0.25, -0.2) is 13.5 Å². The molecule has 1 atom stereocenters. The average molecular weight is 435 g/mol. The first-order chi connectivity index (χ1) is 15.5. The van der Waals surface area contributed by atoms with Crippen molar-refractivity contribution in [1.29, 1.82) is 0 Å². The molecule has 0 spiro atoms. The van der Waals surface area contributed by atoms with Crippen molar-refractivity contribution in [2.24, 2.45) is 0 Å². The first-order valence-electron chi connectivity index (χ1n) is 10.6. The molecule has 0 bridgehead atoms. The molecule has 8 heteroatoms. The summed E-state index contributed by atoms with van der Waals surface area (Å²) < 4.78 is 29.7. The largest absolute Gasteiger partial charge is 0.368 e. The van der Waals surface area contributed by atoms with Gasteiger partial charge >= 0.3 is 0 Å². The Balaban J connectivity index is 1.42. The molecule has 164 valence electrons. The topological polar surface area (TPSA) is 53.4 Å². The van der Waals surface area contributed by atoms with Crippen molar-refractivity contribution in [3.8, 4) is 0 Å². The zero-order valence-electron chi connectivity index (χ0n) is 17.6. The summed E-state index contributed by atoms with van der Waals surface area (Å²) in [6.07, 6.45) is 1.64. The highest BCUT2D eigenvalue weighted by Gasteiger charge is 2.36. The lowest BCUT2D eigenvalue weighted by molar-refractivity contribution is -0.128. The van der Waals surface area contributed by atoms with Crippen LogP contribution in [0.5, 0.6) is 0 Å². The first kappa shape index (κ1) is 20.2. The van der Waals surface area contributed by atoms with E-state index >= 15 is 0 Å². The summed E-state index contributed by atoms with van der Waals surface area (Å²) in [6, 6.07) is 14.0. The third kappa shape index (κ3) is 3.51. The van der Waals surface area contributed by atoms with Crippen LogP contribution in [0.3, 0.4) is 0 Å². The standard InChI is InChI=1S/C24H23F2N5O/c1-16-22(23(19-4-2-3-5-20(19)26)31-21(28-16)10-11-27-31)24(32)30-14-12-29(13-15-30)18-8-6-17(25)7-9-18/h2-11,23,28H,12-15H2,1H3. The molecule has 1 unspecified atom stereocenters. The molecule has 2 aliphatic rings. The van der Waals surface area contributed by atoms with E-state index < -0.39 is 6.04 Å². The summed E-state index contributed by atoms with van der Waals surface area (Å²) in [5.74, 6) is -0.0661. The zero-order valence-corrected chi connectivity index (χ0v) is 17.6. The van der Waals surface area contributed by atoms with Gasteiger partial charge in [-0.2, -0.15) is 5.10 Å². The number of allylic oxidation sites excluding steroid dienone is 1. The Morgan fingerprint density at radius 2 is 1.72 bits per heavy atom. The Morgan fingerprint density at radius 3 is 2.44 bits per heavy atom. The van der Waals surface area contributed by atoms with Gasteiger partial charge in [0.2, 0.25) is 0 Å². The van der Waals surface area contributed by atoms with Crippen molar-refractivity contribution in [3.05, 3.63) is 89.3 Å². The lowest BCUT2D eigenvalue weighted by atomic mass is 9.93. The highest BCUT2D eigenvalue weighted by molar-refractivity contribution is 5.97. The molecule has 32 heavy (non-hydrogen) atoms. The van der Waals surface area contributed by atoms with Crippen molar-refractivity contribution < 1.29 is 13.6 Å². The molecule has 3 heterocycles. The summed E-state index contributed by atoms with van der Waals surface area (Å²) in [7, 11) is 0. The van der Waals surface area contributed by atoms with Gasteiger partial charge in [-0.1, -0.05) is 18.2 Å². The molecule has 1 N–H and O–H groups in total. The number of aromatic nitrogens is 2. The molecule has 1 amide bonds. The van der Waals surface area contributed by atoms with Gasteiger partial charge in [-0.05, 0) is 37.3 Å². The molecule has 1 aromatic heterocycles. The molecule has 6 nitrogen and oxygen atoms in total. The minimum Gasteiger partial charge on any atom is -0.368 e. The molecule has 0 saturated carbocycles. The van der Waals surface area contributed by atoms with Crippen LogP contribution in [0, 0.1) is 11.6 Å². The minimum absolute atomic E-state index is 0.136. The van der Waals surface area contributed by atoms with Crippen LogP contribution in [-0.2, 0) is 4.79 Å². The highest BCUT2D eigenvalue weighted by atomic mass is 19.1. The predicted octanol–water partition coefficient (Wildman–Crippen LogP) is 3.80. The number of anilines is 2. The third-order valence-corrected chi connectivity index (χ3v) is 6.10. The number of hydrogen-bond donors (Lipinski definition) is 1. The second kappa shape index (κ2) is 8.11. The van der Waals surface area contributed by atoms with E-state index in [1.807, 2.05) is 6.92 Å². The molecule has 1 fully saturated rings. The summed E-state index contributed by atoms with van der Waals surface area (Å²) in [4.78, 5) is 17.6. The SMILES string of the molecule is CC1=C(C(=O)N2CCN(c3ccc(F)cc3)CC2)C(c2ccccc2F)n2nccc2N1. The van der Waals surface area contributed by atoms with E-state index in [1.165, 1.54) is 18.2 Å². The van der Waals surface area contributed by atoms with Crippen LogP contribution in [0.1, 0.15) is 18.5 Å². The maximum Gasteiger partial charge on any atom is 0.254 e. The van der Waals surface area contributed by atoms with Gasteiger partial charge in [0.05, 0.1) is 11.8 Å². The normalized spacial score (nSPS) is 18.4. The monoisotopic (exact) mass is 435 g/mol. The summed E-state index contributed by atoms with van der Waals surface area (Å²) in [5.41, 5.74) is 2.52. The summed E-state index contributed by atoms with van der Waals surface area (Å²) in [5, 5.41) is 7.60. The summed E-state index contributed by atoms with van der Waals surface area (Å²) in [6.45, 7) is 4.14. The van der Waals surface area contributed by atoms with Gasteiger partial charge in [0.15, 0.2) is 0 Å². The fourth-order valence-electron chi connectivity index (χ4n) is 4.46. The maximum atomic E-state index is 14.8. The van der Waals surface area contributed by atoms with E-state index in [4.69, 9.17) is 0 Å². The number of fused-ring (bicyclic) bond motifs is 1. The van der Waals surface area contributed by atoms with E-state index in [-0.39, 0.29) is 17.5 Å². The van der Waals surface area contributed by atoms with Crippen molar-refractivity contribution in [2.45, 2.75) is 13.0 Å². The van der Waals surface area contributed by atoms with Crippen LogP contribution in [0.2, 0.25) is 0 Å². The molecule has 3 aromatic rings. The van der Waals surface area contributed by atoms with Gasteiger partial charge in [-0.15, -0.1) is 0 Å². The van der Waals surface area contributed by atoms with Crippen molar-refractivity contribution in [1.82, 2.24) is 14.7 Å². The van der Waals surface area contributed by atoms with E-state index in [2.05, 4.69) is 15.3 Å². The minimum atomic E-state index is -0.648. The molecular weight excluding hydrogens is 412 g/mol. The van der Waals surface area contributed by atoms with E-state index in [0.29, 0.717) is 48.8 Å². The lowest BCUT2D eigenvalue weighted by Gasteiger charge is -2.38. The first-order valence-corrected chi connectivity index (χ1v) is 10.6. The highest BCUT2D eigenvalue weighted by Crippen LogP contribution is 2.37.